The summed E-state index contributed by atoms with van der Waals surface area (Å²) in [5, 5.41) is 4.71. The molecular weight excluding hydrogens is 280 g/mol. The highest BCUT2D eigenvalue weighted by Gasteiger charge is 2.34. The van der Waals surface area contributed by atoms with Crippen LogP contribution in [0.4, 0.5) is 0 Å². The molecule has 2 rings (SSSR count). The number of nitrogens with zero attached hydrogens (tertiary/aromatic N) is 3. The SMILES string of the molecule is Cn1cc(C(CN)N2CCSC(C)(C)C2)c(C(C)(C)C)n1. The van der Waals surface area contributed by atoms with Gasteiger partial charge in [0, 0.05) is 54.4 Å². The normalized spacial score (nSPS) is 21.5. The standard InChI is InChI=1S/C16H30N4S/c1-15(2,3)14-12(10-19(6)18-14)13(9-17)20-7-8-21-16(4,5)11-20/h10,13H,7-9,11,17H2,1-6H3. The lowest BCUT2D eigenvalue weighted by atomic mass is 9.87. The molecule has 21 heavy (non-hydrogen) atoms. The molecule has 2 heterocycles. The number of aryl methyl sites for hydroxylation is 1. The molecule has 1 aliphatic rings. The molecule has 2 N–H and O–H groups in total. The second kappa shape index (κ2) is 5.94. The van der Waals surface area contributed by atoms with E-state index in [0.717, 1.165) is 13.1 Å². The number of aromatic nitrogens is 2. The van der Waals surface area contributed by atoms with Gasteiger partial charge in [-0.3, -0.25) is 9.58 Å². The highest BCUT2D eigenvalue weighted by Crippen LogP contribution is 2.36. The van der Waals surface area contributed by atoms with Gasteiger partial charge >= 0.3 is 0 Å². The molecule has 1 aromatic heterocycles. The highest BCUT2D eigenvalue weighted by molar-refractivity contribution is 8.00. The first-order chi connectivity index (χ1) is 9.64. The fourth-order valence-corrected chi connectivity index (χ4v) is 4.26. The van der Waals surface area contributed by atoms with Crippen LogP contribution < -0.4 is 5.73 Å². The summed E-state index contributed by atoms with van der Waals surface area (Å²) >= 11 is 2.06. The molecule has 1 unspecified atom stereocenters. The summed E-state index contributed by atoms with van der Waals surface area (Å²) in [5.74, 6) is 1.18. The van der Waals surface area contributed by atoms with Crippen LogP contribution in [0.25, 0.3) is 0 Å². The molecule has 4 nitrogen and oxygen atoms in total. The Morgan fingerprint density at radius 3 is 2.62 bits per heavy atom. The zero-order valence-electron chi connectivity index (χ0n) is 14.3. The van der Waals surface area contributed by atoms with Crippen molar-refractivity contribution in [2.75, 3.05) is 25.4 Å². The summed E-state index contributed by atoms with van der Waals surface area (Å²) in [6.07, 6.45) is 2.16. The van der Waals surface area contributed by atoms with Crippen LogP contribution >= 0.6 is 11.8 Å². The van der Waals surface area contributed by atoms with Crippen LogP contribution in [-0.4, -0.2) is 44.8 Å². The summed E-state index contributed by atoms with van der Waals surface area (Å²) in [5.41, 5.74) is 8.68. The van der Waals surface area contributed by atoms with Crippen molar-refractivity contribution in [1.29, 1.82) is 0 Å². The van der Waals surface area contributed by atoms with Crippen LogP contribution in [0.3, 0.4) is 0 Å². The van der Waals surface area contributed by atoms with Crippen molar-refractivity contribution >= 4 is 11.8 Å². The molecule has 0 spiro atoms. The average molecular weight is 311 g/mol. The Bertz CT molecular complexity index is 487. The van der Waals surface area contributed by atoms with E-state index < -0.39 is 0 Å². The molecule has 120 valence electrons. The van der Waals surface area contributed by atoms with Gasteiger partial charge in [0.25, 0.3) is 0 Å². The lowest BCUT2D eigenvalue weighted by molar-refractivity contribution is 0.190. The van der Waals surface area contributed by atoms with Crippen molar-refractivity contribution < 1.29 is 0 Å². The van der Waals surface area contributed by atoms with Gasteiger partial charge in [0.1, 0.15) is 0 Å². The Morgan fingerprint density at radius 2 is 2.10 bits per heavy atom. The predicted octanol–water partition coefficient (Wildman–Crippen LogP) is 2.54. The van der Waals surface area contributed by atoms with E-state index in [-0.39, 0.29) is 11.5 Å². The first-order valence-electron chi connectivity index (χ1n) is 7.76. The molecule has 1 saturated heterocycles. The summed E-state index contributed by atoms with van der Waals surface area (Å²) in [6, 6.07) is 0.271. The zero-order chi connectivity index (χ0) is 15.8. The van der Waals surface area contributed by atoms with Crippen molar-refractivity contribution in [3.8, 4) is 0 Å². The Hall–Kier alpha value is -0.520. The van der Waals surface area contributed by atoms with Crippen molar-refractivity contribution in [1.82, 2.24) is 14.7 Å². The van der Waals surface area contributed by atoms with Gasteiger partial charge in [-0.1, -0.05) is 20.8 Å². The maximum Gasteiger partial charge on any atom is 0.0726 e. The van der Waals surface area contributed by atoms with Crippen molar-refractivity contribution in [2.24, 2.45) is 12.8 Å². The molecule has 1 fully saturated rings. The summed E-state index contributed by atoms with van der Waals surface area (Å²) in [6.45, 7) is 14.2. The molecular formula is C16H30N4S. The van der Waals surface area contributed by atoms with Crippen molar-refractivity contribution in [3.05, 3.63) is 17.5 Å². The number of hydrogen-bond acceptors (Lipinski definition) is 4. The largest absolute Gasteiger partial charge is 0.329 e. The molecule has 5 heteroatoms. The van der Waals surface area contributed by atoms with Crippen LogP contribution in [0, 0.1) is 0 Å². The van der Waals surface area contributed by atoms with Gasteiger partial charge in [0.2, 0.25) is 0 Å². The third-order valence-corrected chi connectivity index (χ3v) is 5.34. The minimum Gasteiger partial charge on any atom is -0.329 e. The van der Waals surface area contributed by atoms with Crippen LogP contribution in [0.5, 0.6) is 0 Å². The number of thioether (sulfide) groups is 1. The van der Waals surface area contributed by atoms with Crippen LogP contribution in [0.1, 0.15) is 51.9 Å². The minimum atomic E-state index is 0.0457. The average Bonchev–Trinajstić information content (AvgIpc) is 2.71. The molecule has 0 bridgehead atoms. The van der Waals surface area contributed by atoms with Gasteiger partial charge in [-0.05, 0) is 13.8 Å². The number of nitrogens with two attached hydrogens (primary N) is 1. The van der Waals surface area contributed by atoms with E-state index in [1.165, 1.54) is 17.0 Å². The minimum absolute atomic E-state index is 0.0457. The van der Waals surface area contributed by atoms with E-state index in [1.54, 1.807) is 0 Å². The molecule has 1 atom stereocenters. The van der Waals surface area contributed by atoms with Crippen LogP contribution in [0.2, 0.25) is 0 Å². The van der Waals surface area contributed by atoms with Gasteiger partial charge in [0.15, 0.2) is 0 Å². The van der Waals surface area contributed by atoms with E-state index >= 15 is 0 Å². The number of rotatable bonds is 3. The first-order valence-corrected chi connectivity index (χ1v) is 8.75. The van der Waals surface area contributed by atoms with E-state index in [9.17, 15) is 0 Å². The molecule has 0 radical (unpaired) electrons. The topological polar surface area (TPSA) is 47.1 Å². The first kappa shape index (κ1) is 16.8. The molecule has 0 aromatic carbocycles. The third-order valence-electron chi connectivity index (χ3n) is 4.05. The fourth-order valence-electron chi connectivity index (χ4n) is 3.13. The smallest absolute Gasteiger partial charge is 0.0726 e. The second-order valence-corrected chi connectivity index (χ2v) is 9.49. The van der Waals surface area contributed by atoms with E-state index in [1.807, 2.05) is 11.7 Å². The fraction of sp³-hybridized carbons (Fsp3) is 0.812. The molecule has 0 amide bonds. The predicted molar refractivity (Wildman–Crippen MR) is 91.8 cm³/mol. The van der Waals surface area contributed by atoms with E-state index in [0.29, 0.717) is 11.3 Å². The van der Waals surface area contributed by atoms with E-state index in [2.05, 4.69) is 57.5 Å². The summed E-state index contributed by atoms with van der Waals surface area (Å²) < 4.78 is 2.23. The Labute approximate surface area is 133 Å². The maximum atomic E-state index is 6.16. The van der Waals surface area contributed by atoms with Gasteiger partial charge in [-0.2, -0.15) is 16.9 Å². The third kappa shape index (κ3) is 3.82. The maximum absolute atomic E-state index is 6.16. The van der Waals surface area contributed by atoms with Gasteiger partial charge < -0.3 is 5.73 Å². The summed E-state index contributed by atoms with van der Waals surface area (Å²) in [7, 11) is 2.00. The van der Waals surface area contributed by atoms with Crippen LogP contribution in [-0.2, 0) is 12.5 Å². The van der Waals surface area contributed by atoms with Gasteiger partial charge in [-0.15, -0.1) is 0 Å². The van der Waals surface area contributed by atoms with Gasteiger partial charge in [0.05, 0.1) is 11.7 Å². The van der Waals surface area contributed by atoms with Crippen molar-refractivity contribution in [3.63, 3.8) is 0 Å². The van der Waals surface area contributed by atoms with Crippen molar-refractivity contribution in [2.45, 2.75) is 50.8 Å². The molecule has 0 saturated carbocycles. The quantitative estimate of drug-likeness (QED) is 0.932. The van der Waals surface area contributed by atoms with E-state index in [4.69, 9.17) is 10.8 Å². The molecule has 1 aromatic rings. The highest BCUT2D eigenvalue weighted by atomic mass is 32.2. The lowest BCUT2D eigenvalue weighted by Crippen LogP contribution is -2.47. The zero-order valence-corrected chi connectivity index (χ0v) is 15.1. The second-order valence-electron chi connectivity index (χ2n) is 7.69. The molecule has 0 aliphatic carbocycles. The Balaban J connectivity index is 2.34. The van der Waals surface area contributed by atoms with Crippen LogP contribution in [0.15, 0.2) is 6.20 Å². The summed E-state index contributed by atoms with van der Waals surface area (Å²) in [4.78, 5) is 2.54. The monoisotopic (exact) mass is 310 g/mol. The number of hydrogen-bond donors (Lipinski definition) is 1. The lowest BCUT2D eigenvalue weighted by Gasteiger charge is -2.42. The Morgan fingerprint density at radius 1 is 1.43 bits per heavy atom. The molecule has 1 aliphatic heterocycles. The Kier molecular flexibility index (Phi) is 4.76. The van der Waals surface area contributed by atoms with Gasteiger partial charge in [-0.25, -0.2) is 0 Å².